The highest BCUT2D eigenvalue weighted by Gasteiger charge is 2.27. The predicted octanol–water partition coefficient (Wildman–Crippen LogP) is 3.22. The van der Waals surface area contributed by atoms with Gasteiger partial charge in [0, 0.05) is 13.0 Å². The van der Waals surface area contributed by atoms with Crippen LogP contribution in [-0.2, 0) is 14.3 Å². The Bertz CT molecular complexity index is 680. The molecule has 1 aliphatic heterocycles. The molecule has 0 saturated carbocycles. The molecule has 8 heteroatoms. The largest absolute Gasteiger partial charge is 0.462 e. The van der Waals surface area contributed by atoms with E-state index in [1.54, 1.807) is 20.8 Å². The van der Waals surface area contributed by atoms with Crippen molar-refractivity contribution < 1.29 is 23.9 Å². The highest BCUT2D eigenvalue weighted by Crippen LogP contribution is 2.34. The van der Waals surface area contributed by atoms with E-state index in [1.807, 2.05) is 0 Å². The van der Waals surface area contributed by atoms with E-state index in [2.05, 4.69) is 10.2 Å². The minimum Gasteiger partial charge on any atom is -0.462 e. The van der Waals surface area contributed by atoms with Crippen molar-refractivity contribution in [3.05, 3.63) is 16.0 Å². The number of piperidine rings is 1. The van der Waals surface area contributed by atoms with Crippen LogP contribution in [0.3, 0.4) is 0 Å². The number of amides is 1. The van der Waals surface area contributed by atoms with Crippen molar-refractivity contribution in [3.63, 3.8) is 0 Å². The van der Waals surface area contributed by atoms with Crippen molar-refractivity contribution in [1.82, 2.24) is 4.90 Å². The maximum atomic E-state index is 12.4. The Labute approximate surface area is 164 Å². The lowest BCUT2D eigenvalue weighted by molar-refractivity contribution is -0.116. The molecule has 0 aromatic carbocycles. The van der Waals surface area contributed by atoms with Crippen LogP contribution in [-0.4, -0.2) is 55.6 Å². The third-order valence-electron chi connectivity index (χ3n) is 4.44. The van der Waals surface area contributed by atoms with Crippen molar-refractivity contribution in [1.29, 1.82) is 0 Å². The number of hydrogen-bond donors (Lipinski definition) is 1. The van der Waals surface area contributed by atoms with Gasteiger partial charge in [-0.15, -0.1) is 11.3 Å². The van der Waals surface area contributed by atoms with Gasteiger partial charge in [0.05, 0.1) is 18.8 Å². The standard InChI is InChI=1S/C19H28N2O5S/c1-4-25-18(23)15-13(3)16(19(24)26-5-2)27-17(15)20-14(22)9-12-21-10-7-6-8-11-21/h4-12H2,1-3H3,(H,20,22). The maximum Gasteiger partial charge on any atom is 0.348 e. The Morgan fingerprint density at radius 2 is 1.67 bits per heavy atom. The van der Waals surface area contributed by atoms with Gasteiger partial charge in [0.2, 0.25) is 5.91 Å². The van der Waals surface area contributed by atoms with Crippen LogP contribution in [0.2, 0.25) is 0 Å². The van der Waals surface area contributed by atoms with Crippen LogP contribution < -0.4 is 5.32 Å². The lowest BCUT2D eigenvalue weighted by atomic mass is 10.1. The Kier molecular flexibility index (Phi) is 8.24. The minimum atomic E-state index is -0.548. The van der Waals surface area contributed by atoms with Crippen LogP contribution in [0.25, 0.3) is 0 Å². The fraction of sp³-hybridized carbons (Fsp3) is 0.632. The first-order valence-corrected chi connectivity index (χ1v) is 10.3. The molecule has 1 fully saturated rings. The van der Waals surface area contributed by atoms with E-state index in [-0.39, 0.29) is 24.7 Å². The van der Waals surface area contributed by atoms with Crippen molar-refractivity contribution in [2.24, 2.45) is 0 Å². The number of esters is 2. The van der Waals surface area contributed by atoms with Gasteiger partial charge in [0.25, 0.3) is 0 Å². The Morgan fingerprint density at radius 3 is 2.30 bits per heavy atom. The summed E-state index contributed by atoms with van der Waals surface area (Å²) < 4.78 is 10.1. The summed E-state index contributed by atoms with van der Waals surface area (Å²) in [5, 5.41) is 3.14. The molecular weight excluding hydrogens is 368 g/mol. The average molecular weight is 397 g/mol. The molecule has 1 aliphatic rings. The maximum absolute atomic E-state index is 12.4. The molecule has 150 valence electrons. The summed E-state index contributed by atoms with van der Waals surface area (Å²) in [6, 6.07) is 0. The SMILES string of the molecule is CCOC(=O)c1sc(NC(=O)CCN2CCCCC2)c(C(=O)OCC)c1C. The zero-order chi connectivity index (χ0) is 19.8. The number of nitrogens with one attached hydrogen (secondary N) is 1. The molecule has 0 radical (unpaired) electrons. The molecule has 2 heterocycles. The highest BCUT2D eigenvalue weighted by molar-refractivity contribution is 7.18. The molecular formula is C19H28N2O5S. The van der Waals surface area contributed by atoms with E-state index < -0.39 is 11.9 Å². The number of thiophene rings is 1. The second-order valence-corrected chi connectivity index (χ2v) is 7.42. The molecule has 7 nitrogen and oxygen atoms in total. The van der Waals surface area contributed by atoms with Gasteiger partial charge in [-0.1, -0.05) is 6.42 Å². The lowest BCUT2D eigenvalue weighted by Crippen LogP contribution is -2.32. The van der Waals surface area contributed by atoms with Crippen molar-refractivity contribution in [2.75, 3.05) is 38.2 Å². The van der Waals surface area contributed by atoms with Crippen molar-refractivity contribution >= 4 is 34.2 Å². The molecule has 0 unspecified atom stereocenters. The van der Waals surface area contributed by atoms with Gasteiger partial charge in [0.1, 0.15) is 9.88 Å². The van der Waals surface area contributed by atoms with Gasteiger partial charge >= 0.3 is 11.9 Å². The van der Waals surface area contributed by atoms with Gasteiger partial charge in [0.15, 0.2) is 0 Å². The summed E-state index contributed by atoms with van der Waals surface area (Å²) in [5.41, 5.74) is 0.708. The molecule has 1 amide bonds. The first-order valence-electron chi connectivity index (χ1n) is 9.47. The van der Waals surface area contributed by atoms with Gasteiger partial charge in [-0.3, -0.25) is 4.79 Å². The number of carbonyl (C=O) groups excluding carboxylic acids is 3. The molecule has 1 aromatic rings. The topological polar surface area (TPSA) is 84.9 Å². The number of likely N-dealkylation sites (tertiary alicyclic amines) is 1. The number of ether oxygens (including phenoxy) is 2. The number of rotatable bonds is 8. The summed E-state index contributed by atoms with van der Waals surface area (Å²) in [6.07, 6.45) is 3.92. The Balaban J connectivity index is 2.12. The Hall–Kier alpha value is -1.93. The second-order valence-electron chi connectivity index (χ2n) is 6.40. The number of hydrogen-bond acceptors (Lipinski definition) is 7. The van der Waals surface area contributed by atoms with Crippen LogP contribution in [0.5, 0.6) is 0 Å². The van der Waals surface area contributed by atoms with Crippen molar-refractivity contribution in [2.45, 2.75) is 46.5 Å². The minimum absolute atomic E-state index is 0.178. The van der Waals surface area contributed by atoms with Gasteiger partial charge < -0.3 is 19.7 Å². The van der Waals surface area contributed by atoms with Crippen LogP contribution in [0.1, 0.15) is 65.1 Å². The zero-order valence-corrected chi connectivity index (χ0v) is 17.1. The third-order valence-corrected chi connectivity index (χ3v) is 5.63. The fourth-order valence-electron chi connectivity index (χ4n) is 3.07. The van der Waals surface area contributed by atoms with Gasteiger partial charge in [-0.05, 0) is 52.3 Å². The molecule has 1 saturated heterocycles. The first-order chi connectivity index (χ1) is 13.0. The summed E-state index contributed by atoms with van der Waals surface area (Å²) in [7, 11) is 0. The lowest BCUT2D eigenvalue weighted by Gasteiger charge is -2.25. The monoisotopic (exact) mass is 396 g/mol. The Morgan fingerprint density at radius 1 is 1.04 bits per heavy atom. The molecule has 0 aliphatic carbocycles. The van der Waals surface area contributed by atoms with Gasteiger partial charge in [-0.25, -0.2) is 9.59 Å². The third kappa shape index (κ3) is 5.77. The van der Waals surface area contributed by atoms with Crippen molar-refractivity contribution in [3.8, 4) is 0 Å². The molecule has 0 atom stereocenters. The smallest absolute Gasteiger partial charge is 0.348 e. The van der Waals surface area contributed by atoms with E-state index in [4.69, 9.17) is 9.47 Å². The summed E-state index contributed by atoms with van der Waals surface area (Å²) in [4.78, 5) is 39.5. The summed E-state index contributed by atoms with van der Waals surface area (Å²) in [6.45, 7) is 8.28. The zero-order valence-electron chi connectivity index (χ0n) is 16.3. The number of carbonyl (C=O) groups is 3. The molecule has 27 heavy (non-hydrogen) atoms. The van der Waals surface area contributed by atoms with Crippen LogP contribution >= 0.6 is 11.3 Å². The fourth-order valence-corrected chi connectivity index (χ4v) is 4.18. The van der Waals surface area contributed by atoms with Gasteiger partial charge in [-0.2, -0.15) is 0 Å². The highest BCUT2D eigenvalue weighted by atomic mass is 32.1. The summed E-state index contributed by atoms with van der Waals surface area (Å²) >= 11 is 1.06. The van der Waals surface area contributed by atoms with E-state index in [0.717, 1.165) is 24.4 Å². The van der Waals surface area contributed by atoms with E-state index in [1.165, 1.54) is 19.3 Å². The predicted molar refractivity (Wildman–Crippen MR) is 105 cm³/mol. The molecule has 0 spiro atoms. The van der Waals surface area contributed by atoms with Crippen LogP contribution in [0.15, 0.2) is 0 Å². The number of anilines is 1. The van der Waals surface area contributed by atoms with E-state index in [0.29, 0.717) is 28.4 Å². The first kappa shape index (κ1) is 21.4. The average Bonchev–Trinajstić information content (AvgIpc) is 2.97. The summed E-state index contributed by atoms with van der Waals surface area (Å²) in [5.74, 6) is -1.23. The normalized spacial score (nSPS) is 14.6. The van der Waals surface area contributed by atoms with Crippen LogP contribution in [0, 0.1) is 6.92 Å². The number of nitrogens with zero attached hydrogens (tertiary/aromatic N) is 1. The molecule has 2 rings (SSSR count). The molecule has 1 aromatic heterocycles. The van der Waals surface area contributed by atoms with E-state index >= 15 is 0 Å². The molecule has 1 N–H and O–H groups in total. The van der Waals surface area contributed by atoms with Crippen LogP contribution in [0.4, 0.5) is 5.00 Å². The quantitative estimate of drug-likeness (QED) is 0.679. The van der Waals surface area contributed by atoms with E-state index in [9.17, 15) is 14.4 Å². The second kappa shape index (κ2) is 10.4. The molecule has 0 bridgehead atoms.